The van der Waals surface area contributed by atoms with E-state index in [0.717, 1.165) is 31.9 Å². The molecule has 0 spiro atoms. The molecule has 0 aliphatic carbocycles. The predicted molar refractivity (Wildman–Crippen MR) is 115 cm³/mol. The fourth-order valence-corrected chi connectivity index (χ4v) is 4.95. The summed E-state index contributed by atoms with van der Waals surface area (Å²) in [7, 11) is 0. The minimum absolute atomic E-state index is 0.103. The maximum Gasteiger partial charge on any atom is 0.260 e. The van der Waals surface area contributed by atoms with Gasteiger partial charge < -0.3 is 4.98 Å². The molecule has 0 aliphatic heterocycles. The standard InChI is InChI=1S/C21H14N4OS2/c26-19-18-15(13-6-2-1-3-7-13)10-27-21(18)25-17(24-19)11-28-20-14-8-4-5-9-16(14)22-12-23-20/h1-10,12H,11H2,(H,24,25,26). The molecule has 0 radical (unpaired) electrons. The van der Waals surface area contributed by atoms with Crippen LogP contribution in [0.5, 0.6) is 0 Å². The maximum atomic E-state index is 12.8. The summed E-state index contributed by atoms with van der Waals surface area (Å²) in [5.74, 6) is 1.18. The van der Waals surface area contributed by atoms with Gasteiger partial charge in [-0.2, -0.15) is 0 Å². The van der Waals surface area contributed by atoms with Crippen LogP contribution in [0.25, 0.3) is 32.2 Å². The van der Waals surface area contributed by atoms with Gasteiger partial charge in [-0.15, -0.1) is 11.3 Å². The highest BCUT2D eigenvalue weighted by molar-refractivity contribution is 7.98. The van der Waals surface area contributed by atoms with Crippen molar-refractivity contribution in [1.82, 2.24) is 19.9 Å². The van der Waals surface area contributed by atoms with Gasteiger partial charge in [0, 0.05) is 16.3 Å². The molecule has 0 saturated heterocycles. The lowest BCUT2D eigenvalue weighted by atomic mass is 10.1. The van der Waals surface area contributed by atoms with Crippen LogP contribution in [0.15, 0.2) is 76.1 Å². The van der Waals surface area contributed by atoms with Crippen LogP contribution in [0.2, 0.25) is 0 Å². The van der Waals surface area contributed by atoms with Crippen molar-refractivity contribution in [3.63, 3.8) is 0 Å². The van der Waals surface area contributed by atoms with Gasteiger partial charge in [0.25, 0.3) is 5.56 Å². The lowest BCUT2D eigenvalue weighted by Crippen LogP contribution is -2.10. The number of thioether (sulfide) groups is 1. The summed E-state index contributed by atoms with van der Waals surface area (Å²) in [6, 6.07) is 17.8. The van der Waals surface area contributed by atoms with E-state index in [1.165, 1.54) is 11.3 Å². The van der Waals surface area contributed by atoms with Crippen molar-refractivity contribution in [2.24, 2.45) is 0 Å². The van der Waals surface area contributed by atoms with Gasteiger partial charge in [0.2, 0.25) is 0 Å². The molecule has 5 aromatic rings. The van der Waals surface area contributed by atoms with Gasteiger partial charge in [0.05, 0.1) is 16.7 Å². The van der Waals surface area contributed by atoms with E-state index in [2.05, 4.69) is 19.9 Å². The quantitative estimate of drug-likeness (QED) is 0.342. The molecule has 0 bridgehead atoms. The van der Waals surface area contributed by atoms with Crippen LogP contribution in [0.4, 0.5) is 0 Å². The molecule has 0 amide bonds. The highest BCUT2D eigenvalue weighted by Gasteiger charge is 2.13. The van der Waals surface area contributed by atoms with E-state index in [1.807, 2.05) is 60.0 Å². The average molecular weight is 403 g/mol. The van der Waals surface area contributed by atoms with Gasteiger partial charge in [0.1, 0.15) is 22.0 Å². The third-order valence-corrected chi connectivity index (χ3v) is 6.32. The Morgan fingerprint density at radius 2 is 1.82 bits per heavy atom. The van der Waals surface area contributed by atoms with Gasteiger partial charge in [-0.05, 0) is 11.6 Å². The largest absolute Gasteiger partial charge is 0.309 e. The molecule has 3 aromatic heterocycles. The number of aromatic amines is 1. The molecule has 7 heteroatoms. The monoisotopic (exact) mass is 402 g/mol. The lowest BCUT2D eigenvalue weighted by Gasteiger charge is -2.05. The summed E-state index contributed by atoms with van der Waals surface area (Å²) in [4.78, 5) is 29.8. The predicted octanol–water partition coefficient (Wildman–Crippen LogP) is 4.89. The molecule has 3 heterocycles. The molecule has 2 aromatic carbocycles. The van der Waals surface area contributed by atoms with E-state index >= 15 is 0 Å². The van der Waals surface area contributed by atoms with Gasteiger partial charge in [-0.3, -0.25) is 4.79 Å². The molecule has 0 atom stereocenters. The fourth-order valence-electron chi connectivity index (χ4n) is 3.12. The first-order valence-corrected chi connectivity index (χ1v) is 10.5. The van der Waals surface area contributed by atoms with Gasteiger partial charge in [-0.25, -0.2) is 15.0 Å². The Morgan fingerprint density at radius 3 is 2.71 bits per heavy atom. The van der Waals surface area contributed by atoms with E-state index in [4.69, 9.17) is 0 Å². The molecule has 1 N–H and O–H groups in total. The zero-order valence-electron chi connectivity index (χ0n) is 14.6. The first-order valence-electron chi connectivity index (χ1n) is 8.68. The molecule has 0 unspecified atom stereocenters. The Hall–Kier alpha value is -3.03. The van der Waals surface area contributed by atoms with Crippen molar-refractivity contribution in [2.45, 2.75) is 10.8 Å². The normalized spacial score (nSPS) is 11.3. The summed E-state index contributed by atoms with van der Waals surface area (Å²) < 4.78 is 0. The highest BCUT2D eigenvalue weighted by Crippen LogP contribution is 2.31. The zero-order chi connectivity index (χ0) is 18.9. The molecule has 0 saturated carbocycles. The number of nitrogens with one attached hydrogen (secondary N) is 1. The number of rotatable bonds is 4. The number of aromatic nitrogens is 4. The summed E-state index contributed by atoms with van der Waals surface area (Å²) in [5.41, 5.74) is 2.75. The SMILES string of the molecule is O=c1[nH]c(CSc2ncnc3ccccc23)nc2scc(-c3ccccc3)c12. The van der Waals surface area contributed by atoms with E-state index in [0.29, 0.717) is 17.0 Å². The molecule has 0 aliphatic rings. The Balaban J connectivity index is 1.48. The summed E-state index contributed by atoms with van der Waals surface area (Å²) in [5, 5.41) is 4.53. The first-order chi connectivity index (χ1) is 13.8. The first kappa shape index (κ1) is 17.1. The average Bonchev–Trinajstić information content (AvgIpc) is 3.17. The molecule has 28 heavy (non-hydrogen) atoms. The molecule has 136 valence electrons. The summed E-state index contributed by atoms with van der Waals surface area (Å²) in [6.07, 6.45) is 1.56. The van der Waals surface area contributed by atoms with Gasteiger partial charge in [0.15, 0.2) is 0 Å². The van der Waals surface area contributed by atoms with Crippen molar-refractivity contribution < 1.29 is 0 Å². The number of hydrogen-bond donors (Lipinski definition) is 1. The maximum absolute atomic E-state index is 12.8. The Morgan fingerprint density at radius 1 is 1.00 bits per heavy atom. The number of para-hydroxylation sites is 1. The number of thiophene rings is 1. The van der Waals surface area contributed by atoms with Crippen LogP contribution >= 0.6 is 23.1 Å². The Kier molecular flexibility index (Phi) is 4.38. The molecular formula is C21H14N4OS2. The number of benzene rings is 2. The minimum atomic E-state index is -0.103. The smallest absolute Gasteiger partial charge is 0.260 e. The van der Waals surface area contributed by atoms with E-state index < -0.39 is 0 Å². The van der Waals surface area contributed by atoms with Crippen LogP contribution < -0.4 is 5.56 Å². The van der Waals surface area contributed by atoms with Crippen LogP contribution in [-0.4, -0.2) is 19.9 Å². The Labute approximate surface area is 168 Å². The highest BCUT2D eigenvalue weighted by atomic mass is 32.2. The van der Waals surface area contributed by atoms with Gasteiger partial charge in [-0.1, -0.05) is 60.3 Å². The minimum Gasteiger partial charge on any atom is -0.309 e. The molecule has 0 fully saturated rings. The number of H-pyrrole nitrogens is 1. The number of fused-ring (bicyclic) bond motifs is 2. The third kappa shape index (κ3) is 3.08. The number of nitrogens with zero attached hydrogens (tertiary/aromatic N) is 3. The second kappa shape index (κ2) is 7.18. The van der Waals surface area contributed by atoms with Crippen molar-refractivity contribution >= 4 is 44.2 Å². The van der Waals surface area contributed by atoms with Crippen molar-refractivity contribution in [2.75, 3.05) is 0 Å². The van der Waals surface area contributed by atoms with E-state index in [-0.39, 0.29) is 5.56 Å². The lowest BCUT2D eigenvalue weighted by molar-refractivity contribution is 1.04. The number of hydrogen-bond acceptors (Lipinski definition) is 6. The molecule has 5 nitrogen and oxygen atoms in total. The molecule has 5 rings (SSSR count). The van der Waals surface area contributed by atoms with Crippen LogP contribution in [-0.2, 0) is 5.75 Å². The second-order valence-electron chi connectivity index (χ2n) is 6.19. The fraction of sp³-hybridized carbons (Fsp3) is 0.0476. The molecular weight excluding hydrogens is 388 g/mol. The van der Waals surface area contributed by atoms with E-state index in [1.54, 1.807) is 18.1 Å². The van der Waals surface area contributed by atoms with Gasteiger partial charge >= 0.3 is 0 Å². The second-order valence-corrected chi connectivity index (χ2v) is 8.01. The van der Waals surface area contributed by atoms with Crippen molar-refractivity contribution in [1.29, 1.82) is 0 Å². The topological polar surface area (TPSA) is 71.5 Å². The Bertz CT molecular complexity index is 1340. The van der Waals surface area contributed by atoms with Crippen LogP contribution in [0.3, 0.4) is 0 Å². The van der Waals surface area contributed by atoms with Crippen LogP contribution in [0, 0.1) is 0 Å². The third-order valence-electron chi connectivity index (χ3n) is 4.43. The zero-order valence-corrected chi connectivity index (χ0v) is 16.3. The van der Waals surface area contributed by atoms with Crippen molar-refractivity contribution in [3.8, 4) is 11.1 Å². The van der Waals surface area contributed by atoms with E-state index in [9.17, 15) is 4.79 Å². The van der Waals surface area contributed by atoms with Crippen molar-refractivity contribution in [3.05, 3.63) is 82.5 Å². The van der Waals surface area contributed by atoms with Crippen LogP contribution in [0.1, 0.15) is 5.82 Å². The summed E-state index contributed by atoms with van der Waals surface area (Å²) in [6.45, 7) is 0. The summed E-state index contributed by atoms with van der Waals surface area (Å²) >= 11 is 3.04.